The van der Waals surface area contributed by atoms with Crippen molar-refractivity contribution in [1.82, 2.24) is 9.78 Å². The highest BCUT2D eigenvalue weighted by atomic mass is 32.2. The standard InChI is InChI=1S/C22H26N4O3S.CH5N/c1-5-15-6-7-18(27-3)21(8-15)30-22-10-19(28-4)17(9-20(22)29-24-2)14-26-13-16(11-23)12-25-26;1-2/h6-10,12-13H,2,5,11,14,23H2,1,3-4H3;2H2,1H3. The lowest BCUT2D eigenvalue weighted by atomic mass is 10.2. The Morgan fingerprint density at radius 3 is 2.34 bits per heavy atom. The van der Waals surface area contributed by atoms with Gasteiger partial charge in [-0.05, 0) is 43.3 Å². The fourth-order valence-corrected chi connectivity index (χ4v) is 4.09. The van der Waals surface area contributed by atoms with E-state index in [2.05, 4.69) is 41.8 Å². The Bertz CT molecular complexity index is 1020. The minimum Gasteiger partial charge on any atom is -0.496 e. The molecule has 0 unspecified atom stereocenters. The van der Waals surface area contributed by atoms with Crippen LogP contribution >= 0.6 is 11.8 Å². The summed E-state index contributed by atoms with van der Waals surface area (Å²) in [6, 6.07) is 10.00. The van der Waals surface area contributed by atoms with E-state index in [-0.39, 0.29) is 0 Å². The number of aromatic nitrogens is 2. The number of benzene rings is 2. The van der Waals surface area contributed by atoms with E-state index in [1.807, 2.05) is 29.1 Å². The van der Waals surface area contributed by atoms with Gasteiger partial charge in [0.2, 0.25) is 0 Å². The highest BCUT2D eigenvalue weighted by Crippen LogP contribution is 2.43. The van der Waals surface area contributed by atoms with Gasteiger partial charge in [0.25, 0.3) is 0 Å². The van der Waals surface area contributed by atoms with E-state index >= 15 is 0 Å². The summed E-state index contributed by atoms with van der Waals surface area (Å²) < 4.78 is 13.0. The number of hydrogen-bond acceptors (Lipinski definition) is 8. The van der Waals surface area contributed by atoms with Gasteiger partial charge >= 0.3 is 0 Å². The van der Waals surface area contributed by atoms with Crippen LogP contribution in [0.1, 0.15) is 23.6 Å². The van der Waals surface area contributed by atoms with Crippen molar-refractivity contribution in [2.75, 3.05) is 21.3 Å². The molecule has 8 nitrogen and oxygen atoms in total. The van der Waals surface area contributed by atoms with Crippen molar-refractivity contribution >= 4 is 18.5 Å². The van der Waals surface area contributed by atoms with Crippen LogP contribution in [-0.2, 0) is 19.5 Å². The molecule has 0 bridgehead atoms. The predicted molar refractivity (Wildman–Crippen MR) is 129 cm³/mol. The molecule has 0 aliphatic heterocycles. The Kier molecular flexibility index (Phi) is 10.1. The van der Waals surface area contributed by atoms with Crippen LogP contribution in [0.4, 0.5) is 0 Å². The lowest BCUT2D eigenvalue weighted by molar-refractivity contribution is 0.334. The number of ether oxygens (including phenoxy) is 2. The molecule has 0 saturated heterocycles. The normalized spacial score (nSPS) is 10.2. The van der Waals surface area contributed by atoms with E-state index in [0.29, 0.717) is 18.8 Å². The van der Waals surface area contributed by atoms with E-state index in [4.69, 9.17) is 20.0 Å². The fraction of sp³-hybridized carbons (Fsp3) is 0.304. The van der Waals surface area contributed by atoms with Crippen LogP contribution in [0.15, 0.2) is 57.7 Å². The van der Waals surface area contributed by atoms with E-state index in [1.54, 1.807) is 20.4 Å². The molecule has 0 atom stereocenters. The SMILES string of the molecule is C=NOc1cc(Cn2cc(CN)cn2)c(OC)cc1Sc1cc(CC)ccc1OC.CN. The molecule has 3 aromatic rings. The third-order valence-electron chi connectivity index (χ3n) is 4.62. The average molecular weight is 458 g/mol. The first-order valence-corrected chi connectivity index (χ1v) is 10.9. The number of rotatable bonds is 10. The van der Waals surface area contributed by atoms with Crippen LogP contribution in [0, 0.1) is 0 Å². The molecule has 1 aromatic heterocycles. The predicted octanol–water partition coefficient (Wildman–Crippen LogP) is 3.69. The smallest absolute Gasteiger partial charge is 0.172 e. The summed E-state index contributed by atoms with van der Waals surface area (Å²) in [5, 5.41) is 7.98. The molecular formula is C23H31N5O3S. The number of nitrogens with zero attached hydrogens (tertiary/aromatic N) is 3. The Morgan fingerprint density at radius 1 is 1.03 bits per heavy atom. The van der Waals surface area contributed by atoms with Crippen molar-refractivity contribution in [3.05, 3.63) is 59.4 Å². The number of hydrogen-bond donors (Lipinski definition) is 2. The molecule has 172 valence electrons. The first-order valence-electron chi connectivity index (χ1n) is 10.1. The van der Waals surface area contributed by atoms with E-state index in [0.717, 1.165) is 38.8 Å². The van der Waals surface area contributed by atoms with Crippen LogP contribution < -0.4 is 25.8 Å². The number of nitrogens with two attached hydrogens (primary N) is 2. The van der Waals surface area contributed by atoms with Gasteiger partial charge in [0, 0.05) is 30.6 Å². The number of aryl methyl sites for hydroxylation is 1. The molecule has 0 radical (unpaired) electrons. The maximum atomic E-state index is 5.68. The third kappa shape index (κ3) is 6.25. The maximum Gasteiger partial charge on any atom is 0.172 e. The van der Waals surface area contributed by atoms with Crippen LogP contribution in [0.2, 0.25) is 0 Å². The zero-order chi connectivity index (χ0) is 23.5. The van der Waals surface area contributed by atoms with Gasteiger partial charge in [-0.3, -0.25) is 4.68 Å². The van der Waals surface area contributed by atoms with Gasteiger partial charge in [-0.25, -0.2) is 0 Å². The first kappa shape index (κ1) is 25.3. The number of oxime groups is 1. The minimum absolute atomic E-state index is 0.445. The highest BCUT2D eigenvalue weighted by molar-refractivity contribution is 7.99. The molecular weight excluding hydrogens is 426 g/mol. The summed E-state index contributed by atoms with van der Waals surface area (Å²) in [5.74, 6) is 2.11. The van der Waals surface area contributed by atoms with Crippen LogP contribution in [0.5, 0.6) is 17.2 Å². The average Bonchev–Trinajstić information content (AvgIpc) is 3.29. The van der Waals surface area contributed by atoms with Gasteiger partial charge in [0.05, 0.1) is 36.8 Å². The number of methoxy groups -OCH3 is 2. The van der Waals surface area contributed by atoms with Crippen LogP contribution in [0.25, 0.3) is 0 Å². The van der Waals surface area contributed by atoms with E-state index < -0.39 is 0 Å². The zero-order valence-corrected chi connectivity index (χ0v) is 19.8. The molecule has 0 spiro atoms. The lowest BCUT2D eigenvalue weighted by Gasteiger charge is -2.15. The highest BCUT2D eigenvalue weighted by Gasteiger charge is 2.16. The summed E-state index contributed by atoms with van der Waals surface area (Å²) in [6.45, 7) is 6.54. The van der Waals surface area contributed by atoms with Crippen molar-refractivity contribution in [2.45, 2.75) is 36.2 Å². The molecule has 9 heteroatoms. The molecule has 0 fully saturated rings. The van der Waals surface area contributed by atoms with Gasteiger partial charge in [0.15, 0.2) is 5.75 Å². The van der Waals surface area contributed by atoms with Crippen molar-refractivity contribution in [3.8, 4) is 17.2 Å². The van der Waals surface area contributed by atoms with Crippen molar-refractivity contribution < 1.29 is 14.3 Å². The Balaban J connectivity index is 0.00000176. The topological polar surface area (TPSA) is 110 Å². The molecule has 1 heterocycles. The second-order valence-corrected chi connectivity index (χ2v) is 7.61. The molecule has 0 aliphatic carbocycles. The summed E-state index contributed by atoms with van der Waals surface area (Å²) in [4.78, 5) is 7.32. The Labute approximate surface area is 193 Å². The minimum atomic E-state index is 0.445. The monoisotopic (exact) mass is 457 g/mol. The van der Waals surface area contributed by atoms with Crippen LogP contribution in [0.3, 0.4) is 0 Å². The largest absolute Gasteiger partial charge is 0.496 e. The second-order valence-electron chi connectivity index (χ2n) is 6.52. The van der Waals surface area contributed by atoms with Crippen LogP contribution in [-0.4, -0.2) is 37.8 Å². The van der Waals surface area contributed by atoms with Gasteiger partial charge in [-0.2, -0.15) is 5.10 Å². The third-order valence-corrected chi connectivity index (χ3v) is 5.70. The molecule has 0 amide bonds. The van der Waals surface area contributed by atoms with Crippen molar-refractivity contribution in [2.24, 2.45) is 16.6 Å². The van der Waals surface area contributed by atoms with E-state index in [1.165, 1.54) is 24.4 Å². The molecule has 2 aromatic carbocycles. The molecule has 32 heavy (non-hydrogen) atoms. The summed E-state index contributed by atoms with van der Waals surface area (Å²) in [5.41, 5.74) is 13.3. The zero-order valence-electron chi connectivity index (χ0n) is 19.0. The second kappa shape index (κ2) is 12.7. The van der Waals surface area contributed by atoms with Crippen molar-refractivity contribution in [1.29, 1.82) is 0 Å². The van der Waals surface area contributed by atoms with Gasteiger partial charge < -0.3 is 25.8 Å². The molecule has 0 saturated carbocycles. The molecule has 3 rings (SSSR count). The summed E-state index contributed by atoms with van der Waals surface area (Å²) in [7, 11) is 4.81. The van der Waals surface area contributed by atoms with Gasteiger partial charge in [-0.1, -0.05) is 29.9 Å². The Hall–Kier alpha value is -3.01. The lowest BCUT2D eigenvalue weighted by Crippen LogP contribution is -2.03. The quantitative estimate of drug-likeness (QED) is 0.353. The Morgan fingerprint density at radius 2 is 1.75 bits per heavy atom. The van der Waals surface area contributed by atoms with Gasteiger partial charge in [-0.15, -0.1) is 0 Å². The molecule has 0 aliphatic rings. The van der Waals surface area contributed by atoms with Gasteiger partial charge in [0.1, 0.15) is 11.5 Å². The molecule has 4 N–H and O–H groups in total. The maximum absolute atomic E-state index is 5.68. The summed E-state index contributed by atoms with van der Waals surface area (Å²) >= 11 is 1.53. The summed E-state index contributed by atoms with van der Waals surface area (Å²) in [6.07, 6.45) is 4.61. The van der Waals surface area contributed by atoms with E-state index in [9.17, 15) is 0 Å². The fourth-order valence-electron chi connectivity index (χ4n) is 3.03. The van der Waals surface area contributed by atoms with Crippen molar-refractivity contribution in [3.63, 3.8) is 0 Å². The first-order chi connectivity index (χ1) is 15.6.